The van der Waals surface area contributed by atoms with Crippen molar-refractivity contribution in [3.8, 4) is 11.4 Å². The summed E-state index contributed by atoms with van der Waals surface area (Å²) < 4.78 is 2.33. The first-order valence-electron chi connectivity index (χ1n) is 9.47. The van der Waals surface area contributed by atoms with Crippen LogP contribution in [0.3, 0.4) is 0 Å². The van der Waals surface area contributed by atoms with Gasteiger partial charge in [0.25, 0.3) is 0 Å². The maximum absolute atomic E-state index is 4.61. The smallest absolute Gasteiger partial charge is 0.191 e. The lowest BCUT2D eigenvalue weighted by Gasteiger charge is -2.13. The molecule has 136 valence electrons. The Hall–Kier alpha value is -1.59. The molecule has 0 N–H and O–H groups in total. The molecule has 5 heteroatoms. The molecule has 26 heavy (non-hydrogen) atoms. The SMILES string of the molecule is CCCn1c(SCc2ccc(C)cc2)nnc1-c1csc2c1CCCC2. The van der Waals surface area contributed by atoms with E-state index >= 15 is 0 Å². The molecule has 0 unspecified atom stereocenters. The molecule has 1 aromatic carbocycles. The maximum atomic E-state index is 4.61. The van der Waals surface area contributed by atoms with Crippen LogP contribution in [-0.2, 0) is 25.1 Å². The standard InChI is InChI=1S/C21H25N3S2/c1-3-12-24-20(18-14-25-19-7-5-4-6-17(18)19)22-23-21(24)26-13-16-10-8-15(2)9-11-16/h8-11,14H,3-7,12-13H2,1-2H3. The van der Waals surface area contributed by atoms with E-state index in [1.165, 1.54) is 47.9 Å². The second kappa shape index (κ2) is 7.97. The molecular formula is C21H25N3S2. The molecule has 1 aliphatic carbocycles. The van der Waals surface area contributed by atoms with Gasteiger partial charge in [-0.25, -0.2) is 0 Å². The van der Waals surface area contributed by atoms with Crippen LogP contribution in [0.25, 0.3) is 11.4 Å². The Morgan fingerprint density at radius 3 is 2.73 bits per heavy atom. The third-order valence-electron chi connectivity index (χ3n) is 4.95. The summed E-state index contributed by atoms with van der Waals surface area (Å²) in [6.07, 6.45) is 6.14. The van der Waals surface area contributed by atoms with Crippen molar-refractivity contribution >= 4 is 23.1 Å². The minimum atomic E-state index is 0.934. The molecule has 0 aliphatic heterocycles. The minimum Gasteiger partial charge on any atom is -0.302 e. The van der Waals surface area contributed by atoms with Crippen LogP contribution in [0.1, 0.15) is 47.8 Å². The normalized spacial score (nSPS) is 13.8. The lowest BCUT2D eigenvalue weighted by Crippen LogP contribution is -2.05. The van der Waals surface area contributed by atoms with E-state index in [0.29, 0.717) is 0 Å². The average Bonchev–Trinajstić information content (AvgIpc) is 3.25. The van der Waals surface area contributed by atoms with Crippen molar-refractivity contribution < 1.29 is 0 Å². The molecule has 0 saturated heterocycles. The second-order valence-electron chi connectivity index (χ2n) is 6.99. The van der Waals surface area contributed by atoms with Gasteiger partial charge in [0.1, 0.15) is 0 Å². The van der Waals surface area contributed by atoms with Crippen LogP contribution in [0.5, 0.6) is 0 Å². The van der Waals surface area contributed by atoms with Crippen LogP contribution >= 0.6 is 23.1 Å². The fraction of sp³-hybridized carbons (Fsp3) is 0.429. The number of benzene rings is 1. The Balaban J connectivity index is 1.60. The molecule has 3 nitrogen and oxygen atoms in total. The number of fused-ring (bicyclic) bond motifs is 1. The van der Waals surface area contributed by atoms with Gasteiger partial charge in [-0.05, 0) is 50.2 Å². The number of hydrogen-bond acceptors (Lipinski definition) is 4. The van der Waals surface area contributed by atoms with Crippen molar-refractivity contribution in [2.24, 2.45) is 0 Å². The van der Waals surface area contributed by atoms with Crippen molar-refractivity contribution in [1.82, 2.24) is 14.8 Å². The van der Waals surface area contributed by atoms with E-state index in [4.69, 9.17) is 0 Å². The molecule has 2 aromatic heterocycles. The number of thiophene rings is 1. The minimum absolute atomic E-state index is 0.934. The molecule has 4 rings (SSSR count). The molecule has 3 aromatic rings. The molecular weight excluding hydrogens is 358 g/mol. The summed E-state index contributed by atoms with van der Waals surface area (Å²) in [4.78, 5) is 1.56. The lowest BCUT2D eigenvalue weighted by atomic mass is 9.95. The van der Waals surface area contributed by atoms with Crippen LogP contribution in [0.4, 0.5) is 0 Å². The highest BCUT2D eigenvalue weighted by atomic mass is 32.2. The molecule has 0 radical (unpaired) electrons. The summed E-state index contributed by atoms with van der Waals surface area (Å²) in [6, 6.07) is 8.77. The Bertz CT molecular complexity index is 877. The first-order valence-corrected chi connectivity index (χ1v) is 11.3. The highest BCUT2D eigenvalue weighted by Gasteiger charge is 2.22. The Morgan fingerprint density at radius 2 is 1.92 bits per heavy atom. The molecule has 0 amide bonds. The Labute approximate surface area is 163 Å². The molecule has 0 spiro atoms. The number of aromatic nitrogens is 3. The van der Waals surface area contributed by atoms with Gasteiger partial charge >= 0.3 is 0 Å². The molecule has 0 fully saturated rings. The molecule has 0 saturated carbocycles. The maximum Gasteiger partial charge on any atom is 0.191 e. The number of nitrogens with zero attached hydrogens (tertiary/aromatic N) is 3. The van der Waals surface area contributed by atoms with Gasteiger partial charge in [0.15, 0.2) is 11.0 Å². The van der Waals surface area contributed by atoms with Gasteiger partial charge in [0.05, 0.1) is 0 Å². The number of rotatable bonds is 6. The van der Waals surface area contributed by atoms with Crippen LogP contribution in [0.2, 0.25) is 0 Å². The summed E-state index contributed by atoms with van der Waals surface area (Å²) in [5.41, 5.74) is 5.49. The van der Waals surface area contributed by atoms with E-state index < -0.39 is 0 Å². The quantitative estimate of drug-likeness (QED) is 0.497. The highest BCUT2D eigenvalue weighted by Crippen LogP contribution is 2.37. The van der Waals surface area contributed by atoms with Crippen molar-refractivity contribution in [3.05, 3.63) is 51.2 Å². The number of hydrogen-bond donors (Lipinski definition) is 0. The van der Waals surface area contributed by atoms with E-state index in [0.717, 1.165) is 29.7 Å². The monoisotopic (exact) mass is 383 g/mol. The zero-order chi connectivity index (χ0) is 17.9. The largest absolute Gasteiger partial charge is 0.302 e. The molecule has 0 atom stereocenters. The molecule has 1 aliphatic rings. The van der Waals surface area contributed by atoms with E-state index in [1.807, 2.05) is 11.3 Å². The van der Waals surface area contributed by atoms with Crippen LogP contribution in [0, 0.1) is 6.92 Å². The molecule has 0 bridgehead atoms. The van der Waals surface area contributed by atoms with E-state index in [2.05, 4.69) is 58.3 Å². The van der Waals surface area contributed by atoms with Gasteiger partial charge in [-0.15, -0.1) is 21.5 Å². The van der Waals surface area contributed by atoms with Gasteiger partial charge in [-0.3, -0.25) is 0 Å². The van der Waals surface area contributed by atoms with Crippen LogP contribution in [-0.4, -0.2) is 14.8 Å². The third-order valence-corrected chi connectivity index (χ3v) is 7.08. The lowest BCUT2D eigenvalue weighted by molar-refractivity contribution is 0.625. The summed E-state index contributed by atoms with van der Waals surface area (Å²) in [6.45, 7) is 5.33. The average molecular weight is 384 g/mol. The first kappa shape index (κ1) is 17.8. The fourth-order valence-corrected chi connectivity index (χ4v) is 5.58. The first-order chi connectivity index (χ1) is 12.8. The summed E-state index contributed by atoms with van der Waals surface area (Å²) in [7, 11) is 0. The predicted molar refractivity (Wildman–Crippen MR) is 111 cm³/mol. The molecule has 2 heterocycles. The van der Waals surface area contributed by atoms with Gasteiger partial charge in [-0.1, -0.05) is 48.5 Å². The van der Waals surface area contributed by atoms with Gasteiger partial charge in [-0.2, -0.15) is 0 Å². The fourth-order valence-electron chi connectivity index (χ4n) is 3.53. The van der Waals surface area contributed by atoms with Crippen molar-refractivity contribution in [2.75, 3.05) is 0 Å². The van der Waals surface area contributed by atoms with Crippen molar-refractivity contribution in [3.63, 3.8) is 0 Å². The zero-order valence-corrected chi connectivity index (χ0v) is 17.1. The van der Waals surface area contributed by atoms with Gasteiger partial charge < -0.3 is 4.57 Å². The van der Waals surface area contributed by atoms with Crippen LogP contribution in [0.15, 0.2) is 34.8 Å². The van der Waals surface area contributed by atoms with Crippen LogP contribution < -0.4 is 0 Å². The predicted octanol–water partition coefficient (Wildman–Crippen LogP) is 5.90. The summed E-state index contributed by atoms with van der Waals surface area (Å²) in [5, 5.41) is 12.5. The van der Waals surface area contributed by atoms with Crippen molar-refractivity contribution in [1.29, 1.82) is 0 Å². The Morgan fingerprint density at radius 1 is 1.12 bits per heavy atom. The summed E-state index contributed by atoms with van der Waals surface area (Å²) >= 11 is 3.70. The van der Waals surface area contributed by atoms with Gasteiger partial charge in [0, 0.05) is 28.1 Å². The van der Waals surface area contributed by atoms with E-state index in [9.17, 15) is 0 Å². The summed E-state index contributed by atoms with van der Waals surface area (Å²) in [5.74, 6) is 2.00. The van der Waals surface area contributed by atoms with Crippen molar-refractivity contribution in [2.45, 2.75) is 63.4 Å². The number of thioether (sulfide) groups is 1. The zero-order valence-electron chi connectivity index (χ0n) is 15.5. The van der Waals surface area contributed by atoms with E-state index in [1.54, 1.807) is 16.6 Å². The second-order valence-corrected chi connectivity index (χ2v) is 8.90. The van der Waals surface area contributed by atoms with E-state index in [-0.39, 0.29) is 0 Å². The Kier molecular flexibility index (Phi) is 5.46. The third kappa shape index (κ3) is 3.60. The van der Waals surface area contributed by atoms with Gasteiger partial charge in [0.2, 0.25) is 0 Å². The number of aryl methyl sites for hydroxylation is 2. The highest BCUT2D eigenvalue weighted by molar-refractivity contribution is 7.98. The topological polar surface area (TPSA) is 30.7 Å².